The number of nitrogens with zero attached hydrogens (tertiary/aromatic N) is 1. The Morgan fingerprint density at radius 3 is 2.76 bits per heavy atom. The molecule has 7 heteroatoms. The van der Waals surface area contributed by atoms with Crippen molar-refractivity contribution in [3.05, 3.63) is 29.6 Å². The molecule has 6 nitrogen and oxygen atoms in total. The smallest absolute Gasteiger partial charge is 0.326 e. The van der Waals surface area contributed by atoms with Gasteiger partial charge in [0.05, 0.1) is 19.6 Å². The van der Waals surface area contributed by atoms with E-state index in [1.165, 1.54) is 19.2 Å². The number of carbonyl (C=O) groups is 2. The van der Waals surface area contributed by atoms with Crippen LogP contribution in [-0.4, -0.2) is 52.8 Å². The minimum Gasteiger partial charge on any atom is -0.494 e. The molecule has 0 saturated carbocycles. The Morgan fingerprint density at radius 2 is 2.19 bits per heavy atom. The SMILES string of the molecule is COc1ccc(CC(=O)N2C[C@H](O)C[C@@H]2C(=O)O)cc1F. The van der Waals surface area contributed by atoms with E-state index in [9.17, 15) is 19.1 Å². The number of β-amino-alcohol motifs (C(OH)–C–C–N with tert-alkyl or cyclic N) is 1. The standard InChI is InChI=1S/C14H16FNO5/c1-21-12-3-2-8(4-10(12)15)5-13(18)16-7-9(17)6-11(16)14(19)20/h2-4,9,11,17H,5-7H2,1H3,(H,19,20)/t9-,11-/m1/s1. The number of halogens is 1. The summed E-state index contributed by atoms with van der Waals surface area (Å²) in [5.41, 5.74) is 0.420. The van der Waals surface area contributed by atoms with Gasteiger partial charge in [-0.05, 0) is 17.7 Å². The van der Waals surface area contributed by atoms with Crippen molar-refractivity contribution in [2.45, 2.75) is 25.0 Å². The molecular weight excluding hydrogens is 281 g/mol. The molecule has 21 heavy (non-hydrogen) atoms. The normalized spacial score (nSPS) is 21.4. The number of aliphatic hydroxyl groups is 1. The van der Waals surface area contributed by atoms with Crippen molar-refractivity contribution < 1.29 is 28.9 Å². The van der Waals surface area contributed by atoms with Crippen LogP contribution in [0.4, 0.5) is 4.39 Å². The molecule has 1 amide bonds. The minimum absolute atomic E-state index is 0.0120. The number of carbonyl (C=O) groups excluding carboxylic acids is 1. The van der Waals surface area contributed by atoms with Gasteiger partial charge in [0.15, 0.2) is 11.6 Å². The van der Waals surface area contributed by atoms with Gasteiger partial charge in [0.25, 0.3) is 0 Å². The predicted octanol–water partition coefficient (Wildman–Crippen LogP) is 0.423. The van der Waals surface area contributed by atoms with Crippen LogP contribution in [0.3, 0.4) is 0 Å². The van der Waals surface area contributed by atoms with E-state index in [0.29, 0.717) is 5.56 Å². The fourth-order valence-electron chi connectivity index (χ4n) is 2.42. The molecule has 114 valence electrons. The van der Waals surface area contributed by atoms with Crippen LogP contribution in [0.2, 0.25) is 0 Å². The molecule has 0 radical (unpaired) electrons. The number of rotatable bonds is 4. The van der Waals surface area contributed by atoms with E-state index in [1.807, 2.05) is 0 Å². The number of benzene rings is 1. The van der Waals surface area contributed by atoms with Crippen LogP contribution < -0.4 is 4.74 Å². The molecule has 0 bridgehead atoms. The van der Waals surface area contributed by atoms with E-state index < -0.39 is 29.8 Å². The highest BCUT2D eigenvalue weighted by molar-refractivity contribution is 5.85. The molecule has 0 unspecified atom stereocenters. The van der Waals surface area contributed by atoms with E-state index in [4.69, 9.17) is 9.84 Å². The molecule has 1 aromatic carbocycles. The summed E-state index contributed by atoms with van der Waals surface area (Å²) in [7, 11) is 1.34. The highest BCUT2D eigenvalue weighted by Gasteiger charge is 2.38. The van der Waals surface area contributed by atoms with Crippen molar-refractivity contribution >= 4 is 11.9 Å². The first-order valence-corrected chi connectivity index (χ1v) is 6.45. The first-order chi connectivity index (χ1) is 9.92. The maximum absolute atomic E-state index is 13.6. The molecule has 1 heterocycles. The van der Waals surface area contributed by atoms with Gasteiger partial charge >= 0.3 is 5.97 Å². The monoisotopic (exact) mass is 297 g/mol. The molecule has 1 aliphatic heterocycles. The maximum Gasteiger partial charge on any atom is 0.326 e. The van der Waals surface area contributed by atoms with Gasteiger partial charge in [-0.3, -0.25) is 4.79 Å². The summed E-state index contributed by atoms with van der Waals surface area (Å²) < 4.78 is 18.3. The number of amides is 1. The molecule has 2 N–H and O–H groups in total. The van der Waals surface area contributed by atoms with Gasteiger partial charge in [0.2, 0.25) is 5.91 Å². The molecular formula is C14H16FNO5. The number of methoxy groups -OCH3 is 1. The number of hydrogen-bond donors (Lipinski definition) is 2. The lowest BCUT2D eigenvalue weighted by atomic mass is 10.1. The second kappa shape index (κ2) is 6.09. The number of aliphatic hydroxyl groups excluding tert-OH is 1. The van der Waals surface area contributed by atoms with Gasteiger partial charge in [-0.25, -0.2) is 9.18 Å². The third kappa shape index (κ3) is 3.30. The number of carboxylic acid groups (broad SMARTS) is 1. The number of ether oxygens (including phenoxy) is 1. The lowest BCUT2D eigenvalue weighted by molar-refractivity contribution is -0.148. The van der Waals surface area contributed by atoms with Gasteiger partial charge in [0, 0.05) is 13.0 Å². The zero-order valence-corrected chi connectivity index (χ0v) is 11.5. The number of carboxylic acids is 1. The van der Waals surface area contributed by atoms with Crippen molar-refractivity contribution in [3.8, 4) is 5.75 Å². The highest BCUT2D eigenvalue weighted by Crippen LogP contribution is 2.21. The molecule has 1 saturated heterocycles. The summed E-state index contributed by atoms with van der Waals surface area (Å²) in [6.07, 6.45) is -0.960. The van der Waals surface area contributed by atoms with Gasteiger partial charge in [0.1, 0.15) is 6.04 Å². The summed E-state index contributed by atoms with van der Waals surface area (Å²) in [6, 6.07) is 3.10. The van der Waals surface area contributed by atoms with Crippen molar-refractivity contribution in [2.24, 2.45) is 0 Å². The van der Waals surface area contributed by atoms with Crippen molar-refractivity contribution in [3.63, 3.8) is 0 Å². The third-order valence-electron chi connectivity index (χ3n) is 3.46. The first kappa shape index (κ1) is 15.2. The average molecular weight is 297 g/mol. The zero-order chi connectivity index (χ0) is 15.6. The Hall–Kier alpha value is -2.15. The molecule has 2 rings (SSSR count). The van der Waals surface area contributed by atoms with Crippen LogP contribution in [0.1, 0.15) is 12.0 Å². The Balaban J connectivity index is 2.10. The first-order valence-electron chi connectivity index (χ1n) is 6.45. The number of aliphatic carboxylic acids is 1. The average Bonchev–Trinajstić information content (AvgIpc) is 2.81. The van der Waals surface area contributed by atoms with Gasteiger partial charge in [-0.2, -0.15) is 0 Å². The Morgan fingerprint density at radius 1 is 1.48 bits per heavy atom. The van der Waals surface area contributed by atoms with Crippen molar-refractivity contribution in [1.82, 2.24) is 4.90 Å². The predicted molar refractivity (Wildman–Crippen MR) is 70.4 cm³/mol. The van der Waals surface area contributed by atoms with Crippen LogP contribution in [0.5, 0.6) is 5.75 Å². The topological polar surface area (TPSA) is 87.1 Å². The van der Waals surface area contributed by atoms with E-state index in [0.717, 1.165) is 4.90 Å². The minimum atomic E-state index is -1.15. The Bertz CT molecular complexity index is 562. The van der Waals surface area contributed by atoms with E-state index >= 15 is 0 Å². The van der Waals surface area contributed by atoms with Crippen LogP contribution in [0.25, 0.3) is 0 Å². The van der Waals surface area contributed by atoms with Gasteiger partial charge < -0.3 is 19.8 Å². The molecule has 0 spiro atoms. The Labute approximate surface area is 120 Å². The summed E-state index contributed by atoms with van der Waals surface area (Å²) >= 11 is 0. The molecule has 2 atom stereocenters. The van der Waals surface area contributed by atoms with E-state index in [2.05, 4.69) is 0 Å². The summed E-state index contributed by atoms with van der Waals surface area (Å²) in [5, 5.41) is 18.6. The molecule has 1 aliphatic rings. The van der Waals surface area contributed by atoms with E-state index in [1.54, 1.807) is 6.07 Å². The maximum atomic E-state index is 13.6. The number of likely N-dealkylation sites (tertiary alicyclic amines) is 1. The van der Waals surface area contributed by atoms with Crippen molar-refractivity contribution in [2.75, 3.05) is 13.7 Å². The van der Waals surface area contributed by atoms with Crippen LogP contribution in [-0.2, 0) is 16.0 Å². The van der Waals surface area contributed by atoms with E-state index in [-0.39, 0.29) is 25.1 Å². The third-order valence-corrected chi connectivity index (χ3v) is 3.46. The highest BCUT2D eigenvalue weighted by atomic mass is 19.1. The van der Waals surface area contributed by atoms with Crippen LogP contribution in [0.15, 0.2) is 18.2 Å². The quantitative estimate of drug-likeness (QED) is 0.841. The number of hydrogen-bond acceptors (Lipinski definition) is 4. The molecule has 1 fully saturated rings. The largest absolute Gasteiger partial charge is 0.494 e. The molecule has 0 aromatic heterocycles. The van der Waals surface area contributed by atoms with Crippen LogP contribution in [0, 0.1) is 5.82 Å². The van der Waals surface area contributed by atoms with Crippen molar-refractivity contribution in [1.29, 1.82) is 0 Å². The van der Waals surface area contributed by atoms with Gasteiger partial charge in [-0.15, -0.1) is 0 Å². The second-order valence-electron chi connectivity index (χ2n) is 4.94. The molecule has 0 aliphatic carbocycles. The molecule has 1 aromatic rings. The second-order valence-corrected chi connectivity index (χ2v) is 4.94. The fraction of sp³-hybridized carbons (Fsp3) is 0.429. The summed E-state index contributed by atoms with van der Waals surface area (Å²) in [4.78, 5) is 24.3. The zero-order valence-electron chi connectivity index (χ0n) is 11.5. The summed E-state index contributed by atoms with van der Waals surface area (Å²) in [6.45, 7) is -0.0194. The Kier molecular flexibility index (Phi) is 4.42. The van der Waals surface area contributed by atoms with Gasteiger partial charge in [-0.1, -0.05) is 6.07 Å². The van der Waals surface area contributed by atoms with Crippen LogP contribution >= 0.6 is 0 Å². The summed E-state index contributed by atoms with van der Waals surface area (Å²) in [5.74, 6) is -2.12. The lowest BCUT2D eigenvalue weighted by Gasteiger charge is -2.21. The lowest BCUT2D eigenvalue weighted by Crippen LogP contribution is -2.41. The fourth-order valence-corrected chi connectivity index (χ4v) is 2.42.